The molecular formula is C25H27N3O3S. The number of aryl methyl sites for hydroxylation is 1. The predicted molar refractivity (Wildman–Crippen MR) is 124 cm³/mol. The molecule has 2 aromatic rings. The second-order valence-electron chi connectivity index (χ2n) is 9.44. The summed E-state index contributed by atoms with van der Waals surface area (Å²) in [5.74, 6) is 0.682. The molecule has 2 atom stereocenters. The molecule has 1 fully saturated rings. The fraction of sp³-hybridized carbons (Fsp3) is 0.440. The molecule has 1 saturated heterocycles. The fourth-order valence-corrected chi connectivity index (χ4v) is 5.48. The second kappa shape index (κ2) is 8.59. The first-order valence-electron chi connectivity index (χ1n) is 10.8. The van der Waals surface area contributed by atoms with E-state index in [-0.39, 0.29) is 23.7 Å². The van der Waals surface area contributed by atoms with Crippen LogP contribution in [0, 0.1) is 22.7 Å². The van der Waals surface area contributed by atoms with Gasteiger partial charge in [0.15, 0.2) is 0 Å². The molecule has 4 rings (SSSR count). The summed E-state index contributed by atoms with van der Waals surface area (Å²) in [7, 11) is 1.56. The Bertz CT molecular complexity index is 1100. The van der Waals surface area contributed by atoms with Crippen molar-refractivity contribution in [3.8, 4) is 11.8 Å². The largest absolute Gasteiger partial charge is 0.497 e. The van der Waals surface area contributed by atoms with Gasteiger partial charge in [0.25, 0.3) is 0 Å². The molecule has 2 amide bonds. The first-order chi connectivity index (χ1) is 15.2. The van der Waals surface area contributed by atoms with Crippen molar-refractivity contribution in [1.82, 2.24) is 4.98 Å². The zero-order valence-corrected chi connectivity index (χ0v) is 19.7. The number of amides is 2. The average Bonchev–Trinajstić information content (AvgIpc) is 3.05. The first-order valence-corrected chi connectivity index (χ1v) is 11.7. The molecule has 166 valence electrons. The molecule has 2 unspecified atom stereocenters. The van der Waals surface area contributed by atoms with Gasteiger partial charge in [-0.1, -0.05) is 32.5 Å². The lowest BCUT2D eigenvalue weighted by Crippen LogP contribution is -2.31. The van der Waals surface area contributed by atoms with Crippen molar-refractivity contribution in [3.05, 3.63) is 47.2 Å². The Morgan fingerprint density at radius 1 is 1.19 bits per heavy atom. The first kappa shape index (κ1) is 22.3. The number of anilines is 1. The zero-order chi connectivity index (χ0) is 23.0. The lowest BCUT2D eigenvalue weighted by atomic mass is 9.71. The van der Waals surface area contributed by atoms with Crippen LogP contribution >= 0.6 is 11.8 Å². The highest BCUT2D eigenvalue weighted by molar-refractivity contribution is 8.00. The SMILES string of the molecule is COc1ccc(N2C(=O)CC(Sc3nc4c(cc3C#N)CC(C(C)(C)C)CC4)C2=O)cc1. The molecule has 0 bridgehead atoms. The van der Waals surface area contributed by atoms with E-state index in [0.717, 1.165) is 30.5 Å². The monoisotopic (exact) mass is 449 g/mol. The van der Waals surface area contributed by atoms with Crippen LogP contribution in [0.2, 0.25) is 0 Å². The van der Waals surface area contributed by atoms with Gasteiger partial charge in [-0.05, 0) is 66.5 Å². The van der Waals surface area contributed by atoms with Crippen LogP contribution in [-0.2, 0) is 22.4 Å². The Labute approximate surface area is 193 Å². The van der Waals surface area contributed by atoms with Gasteiger partial charge in [0, 0.05) is 12.1 Å². The van der Waals surface area contributed by atoms with E-state index >= 15 is 0 Å². The molecule has 1 aromatic heterocycles. The van der Waals surface area contributed by atoms with Crippen molar-refractivity contribution in [2.24, 2.45) is 11.3 Å². The Balaban J connectivity index is 1.56. The molecule has 6 nitrogen and oxygen atoms in total. The van der Waals surface area contributed by atoms with E-state index in [9.17, 15) is 14.9 Å². The number of hydrogen-bond donors (Lipinski definition) is 0. The maximum atomic E-state index is 13.1. The number of aromatic nitrogens is 1. The van der Waals surface area contributed by atoms with Gasteiger partial charge in [0.2, 0.25) is 11.8 Å². The molecule has 7 heteroatoms. The number of thioether (sulfide) groups is 1. The molecular weight excluding hydrogens is 422 g/mol. The Kier molecular flexibility index (Phi) is 6.00. The van der Waals surface area contributed by atoms with E-state index in [1.54, 1.807) is 31.4 Å². The van der Waals surface area contributed by atoms with E-state index in [0.29, 0.717) is 27.9 Å². The zero-order valence-electron chi connectivity index (χ0n) is 18.8. The Morgan fingerprint density at radius 3 is 2.53 bits per heavy atom. The molecule has 0 radical (unpaired) electrons. The predicted octanol–water partition coefficient (Wildman–Crippen LogP) is 4.54. The summed E-state index contributed by atoms with van der Waals surface area (Å²) in [6.07, 6.45) is 2.93. The lowest BCUT2D eigenvalue weighted by molar-refractivity contribution is -0.121. The van der Waals surface area contributed by atoms with Crippen LogP contribution < -0.4 is 9.64 Å². The van der Waals surface area contributed by atoms with Crippen LogP contribution in [0.3, 0.4) is 0 Å². The van der Waals surface area contributed by atoms with Gasteiger partial charge in [0.05, 0.1) is 23.6 Å². The number of carbonyl (C=O) groups excluding carboxylic acids is 2. The lowest BCUT2D eigenvalue weighted by Gasteiger charge is -2.34. The fourth-order valence-electron chi connectivity index (χ4n) is 4.39. The number of fused-ring (bicyclic) bond motifs is 1. The van der Waals surface area contributed by atoms with Gasteiger partial charge < -0.3 is 4.74 Å². The molecule has 2 aliphatic rings. The summed E-state index contributed by atoms with van der Waals surface area (Å²) in [6.45, 7) is 6.76. The highest BCUT2D eigenvalue weighted by atomic mass is 32.2. The van der Waals surface area contributed by atoms with Gasteiger partial charge >= 0.3 is 0 Å². The minimum Gasteiger partial charge on any atom is -0.497 e. The Hall–Kier alpha value is -2.85. The molecule has 1 aliphatic heterocycles. The third-order valence-corrected chi connectivity index (χ3v) is 7.57. The molecule has 0 saturated carbocycles. The van der Waals surface area contributed by atoms with Crippen LogP contribution in [0.4, 0.5) is 5.69 Å². The average molecular weight is 450 g/mol. The number of nitriles is 1. The van der Waals surface area contributed by atoms with E-state index in [2.05, 4.69) is 26.8 Å². The normalized spacial score (nSPS) is 20.8. The third kappa shape index (κ3) is 4.24. The van der Waals surface area contributed by atoms with Gasteiger partial charge in [-0.25, -0.2) is 9.88 Å². The van der Waals surface area contributed by atoms with Crippen molar-refractivity contribution in [2.75, 3.05) is 12.0 Å². The number of nitrogens with zero attached hydrogens (tertiary/aromatic N) is 3. The standard InChI is InChI=1S/C25H27N3O3S/c1-25(2,3)17-5-10-20-15(12-17)11-16(14-26)23(27-20)32-21-13-22(29)28(24(21)30)18-6-8-19(31-4)9-7-18/h6-9,11,17,21H,5,10,12-13H2,1-4H3. The van der Waals surface area contributed by atoms with Crippen LogP contribution in [-0.4, -0.2) is 29.2 Å². The minimum atomic E-state index is -0.590. The van der Waals surface area contributed by atoms with Crippen molar-refractivity contribution < 1.29 is 14.3 Å². The van der Waals surface area contributed by atoms with E-state index in [1.165, 1.54) is 16.7 Å². The molecule has 0 N–H and O–H groups in total. The molecule has 32 heavy (non-hydrogen) atoms. The number of benzene rings is 1. The molecule has 0 spiro atoms. The topological polar surface area (TPSA) is 83.3 Å². The third-order valence-electron chi connectivity index (χ3n) is 6.39. The molecule has 1 aliphatic carbocycles. The van der Waals surface area contributed by atoms with Crippen LogP contribution in [0.25, 0.3) is 0 Å². The highest BCUT2D eigenvalue weighted by Gasteiger charge is 2.41. The number of hydrogen-bond acceptors (Lipinski definition) is 6. The summed E-state index contributed by atoms with van der Waals surface area (Å²) < 4.78 is 5.15. The van der Waals surface area contributed by atoms with Crippen molar-refractivity contribution >= 4 is 29.3 Å². The van der Waals surface area contributed by atoms with Crippen LogP contribution in [0.15, 0.2) is 35.4 Å². The summed E-state index contributed by atoms with van der Waals surface area (Å²) in [4.78, 5) is 31.7. The van der Waals surface area contributed by atoms with E-state index < -0.39 is 5.25 Å². The van der Waals surface area contributed by atoms with Crippen molar-refractivity contribution in [3.63, 3.8) is 0 Å². The maximum Gasteiger partial charge on any atom is 0.247 e. The van der Waals surface area contributed by atoms with Crippen molar-refractivity contribution in [1.29, 1.82) is 5.26 Å². The van der Waals surface area contributed by atoms with Crippen LogP contribution in [0.1, 0.15) is 50.4 Å². The van der Waals surface area contributed by atoms with Gasteiger partial charge in [0.1, 0.15) is 16.8 Å². The van der Waals surface area contributed by atoms with E-state index in [4.69, 9.17) is 9.72 Å². The summed E-state index contributed by atoms with van der Waals surface area (Å²) in [6, 6.07) is 11.0. The quantitative estimate of drug-likeness (QED) is 0.638. The summed E-state index contributed by atoms with van der Waals surface area (Å²) in [5, 5.41) is 9.69. The minimum absolute atomic E-state index is 0.0886. The number of imide groups is 1. The van der Waals surface area contributed by atoms with Crippen molar-refractivity contribution in [2.45, 2.75) is 56.7 Å². The van der Waals surface area contributed by atoms with Crippen LogP contribution in [0.5, 0.6) is 5.75 Å². The molecule has 1 aromatic carbocycles. The van der Waals surface area contributed by atoms with E-state index in [1.807, 2.05) is 6.07 Å². The second-order valence-corrected chi connectivity index (χ2v) is 10.6. The molecule has 2 heterocycles. The van der Waals surface area contributed by atoms with Gasteiger partial charge in [-0.3, -0.25) is 9.59 Å². The number of pyridine rings is 1. The number of ether oxygens (including phenoxy) is 1. The summed E-state index contributed by atoms with van der Waals surface area (Å²) in [5.41, 5.74) is 3.35. The van der Waals surface area contributed by atoms with Gasteiger partial charge in [-0.2, -0.15) is 5.26 Å². The smallest absolute Gasteiger partial charge is 0.247 e. The van der Waals surface area contributed by atoms with Gasteiger partial charge in [-0.15, -0.1) is 0 Å². The maximum absolute atomic E-state index is 13.1. The summed E-state index contributed by atoms with van der Waals surface area (Å²) >= 11 is 1.23. The highest BCUT2D eigenvalue weighted by Crippen LogP contribution is 2.40. The number of carbonyl (C=O) groups is 2. The number of rotatable bonds is 4. The Morgan fingerprint density at radius 2 is 1.91 bits per heavy atom. The number of methoxy groups -OCH3 is 1.